The molecule has 6 nitrogen and oxygen atoms in total. The zero-order valence-electron chi connectivity index (χ0n) is 12.2. The molecule has 0 spiro atoms. The zero-order valence-corrected chi connectivity index (χ0v) is 13.0. The average Bonchev–Trinajstić information content (AvgIpc) is 3.15. The molecule has 0 saturated carbocycles. The minimum atomic E-state index is -0.212. The Bertz CT molecular complexity index is 673. The van der Waals surface area contributed by atoms with Crippen LogP contribution in [0.5, 0.6) is 0 Å². The molecule has 0 aromatic carbocycles. The summed E-state index contributed by atoms with van der Waals surface area (Å²) in [7, 11) is 0. The van der Waals surface area contributed by atoms with E-state index in [1.165, 1.54) is 6.20 Å². The Labute approximate surface area is 133 Å². The van der Waals surface area contributed by atoms with E-state index in [0.29, 0.717) is 17.2 Å². The van der Waals surface area contributed by atoms with Crippen molar-refractivity contribution in [3.05, 3.63) is 47.0 Å². The van der Waals surface area contributed by atoms with Crippen molar-refractivity contribution in [1.29, 1.82) is 0 Å². The first-order valence-electron chi connectivity index (χ1n) is 7.23. The van der Waals surface area contributed by atoms with Crippen LogP contribution in [0.4, 0.5) is 0 Å². The number of halogens is 1. The standard InChI is InChI=1S/C15H17ClN4O2/c1-2-20-9-10(7-18-20)14-13(4-6-22-14)19-15(21)11-3-5-17-8-12(11)16/h3,5,7-9,13-14H,2,4,6H2,1H3,(H,19,21)/t13-,14+/m0/s1. The number of aryl methyl sites for hydroxylation is 1. The number of pyridine rings is 1. The number of nitrogens with one attached hydrogen (secondary N) is 1. The Kier molecular flexibility index (Phi) is 4.40. The highest BCUT2D eigenvalue weighted by molar-refractivity contribution is 6.33. The zero-order chi connectivity index (χ0) is 15.5. The molecule has 1 amide bonds. The maximum atomic E-state index is 12.4. The van der Waals surface area contributed by atoms with Crippen LogP contribution in [0.3, 0.4) is 0 Å². The van der Waals surface area contributed by atoms with Crippen molar-refractivity contribution in [1.82, 2.24) is 20.1 Å². The van der Waals surface area contributed by atoms with Gasteiger partial charge in [0.05, 0.1) is 22.8 Å². The third kappa shape index (κ3) is 2.98. The Morgan fingerprint density at radius 1 is 1.55 bits per heavy atom. The molecule has 22 heavy (non-hydrogen) atoms. The number of nitrogens with zero attached hydrogens (tertiary/aromatic N) is 3. The molecule has 2 atom stereocenters. The van der Waals surface area contributed by atoms with Crippen molar-refractivity contribution >= 4 is 17.5 Å². The summed E-state index contributed by atoms with van der Waals surface area (Å²) in [4.78, 5) is 16.2. The van der Waals surface area contributed by atoms with Gasteiger partial charge < -0.3 is 10.1 Å². The SMILES string of the molecule is CCn1cc([C@H]2OCC[C@@H]2NC(=O)c2ccncc2Cl)cn1. The van der Waals surface area contributed by atoms with Gasteiger partial charge in [-0.05, 0) is 19.4 Å². The number of ether oxygens (including phenoxy) is 1. The van der Waals surface area contributed by atoms with Crippen molar-refractivity contribution in [3.8, 4) is 0 Å². The Balaban J connectivity index is 1.74. The van der Waals surface area contributed by atoms with Crippen LogP contribution in [0.15, 0.2) is 30.9 Å². The van der Waals surface area contributed by atoms with Crippen LogP contribution in [-0.4, -0.2) is 33.3 Å². The molecule has 1 aliphatic rings. The highest BCUT2D eigenvalue weighted by Gasteiger charge is 2.32. The molecule has 1 saturated heterocycles. The van der Waals surface area contributed by atoms with Gasteiger partial charge in [0.25, 0.3) is 5.91 Å². The lowest BCUT2D eigenvalue weighted by Gasteiger charge is -2.19. The van der Waals surface area contributed by atoms with Crippen LogP contribution in [-0.2, 0) is 11.3 Å². The number of aromatic nitrogens is 3. The number of carbonyl (C=O) groups excluding carboxylic acids is 1. The first-order valence-corrected chi connectivity index (χ1v) is 7.61. The van der Waals surface area contributed by atoms with E-state index in [0.717, 1.165) is 18.5 Å². The summed E-state index contributed by atoms with van der Waals surface area (Å²) in [6.45, 7) is 3.43. The molecule has 0 unspecified atom stereocenters. The largest absolute Gasteiger partial charge is 0.371 e. The van der Waals surface area contributed by atoms with Crippen LogP contribution in [0, 0.1) is 0 Å². The van der Waals surface area contributed by atoms with Gasteiger partial charge in [0.15, 0.2) is 0 Å². The minimum absolute atomic E-state index is 0.0914. The van der Waals surface area contributed by atoms with Crippen molar-refractivity contribution < 1.29 is 9.53 Å². The number of carbonyl (C=O) groups is 1. The van der Waals surface area contributed by atoms with Crippen LogP contribution in [0.1, 0.15) is 35.4 Å². The second kappa shape index (κ2) is 6.46. The lowest BCUT2D eigenvalue weighted by molar-refractivity contribution is 0.0821. The van der Waals surface area contributed by atoms with E-state index < -0.39 is 0 Å². The summed E-state index contributed by atoms with van der Waals surface area (Å²) in [6.07, 6.45) is 7.34. The van der Waals surface area contributed by atoms with E-state index in [4.69, 9.17) is 16.3 Å². The Morgan fingerprint density at radius 3 is 3.14 bits per heavy atom. The number of hydrogen-bond donors (Lipinski definition) is 1. The molecule has 1 N–H and O–H groups in total. The monoisotopic (exact) mass is 320 g/mol. The number of rotatable bonds is 4. The summed E-state index contributed by atoms with van der Waals surface area (Å²) < 4.78 is 7.61. The van der Waals surface area contributed by atoms with Gasteiger partial charge in [0.1, 0.15) is 6.10 Å². The van der Waals surface area contributed by atoms with Gasteiger partial charge in [0, 0.05) is 37.3 Å². The Morgan fingerprint density at radius 2 is 2.41 bits per heavy atom. The van der Waals surface area contributed by atoms with Crippen LogP contribution in [0.2, 0.25) is 5.02 Å². The summed E-state index contributed by atoms with van der Waals surface area (Å²) in [5, 5.41) is 7.60. The number of amides is 1. The fourth-order valence-electron chi connectivity index (χ4n) is 2.57. The highest BCUT2D eigenvalue weighted by atomic mass is 35.5. The van der Waals surface area contributed by atoms with Gasteiger partial charge in [-0.2, -0.15) is 5.10 Å². The fraction of sp³-hybridized carbons (Fsp3) is 0.400. The van der Waals surface area contributed by atoms with Crippen LogP contribution in [0.25, 0.3) is 0 Å². The van der Waals surface area contributed by atoms with Gasteiger partial charge in [-0.25, -0.2) is 0 Å². The fourth-order valence-corrected chi connectivity index (χ4v) is 2.78. The van der Waals surface area contributed by atoms with Gasteiger partial charge in [0.2, 0.25) is 0 Å². The third-order valence-corrected chi connectivity index (χ3v) is 4.03. The van der Waals surface area contributed by atoms with E-state index >= 15 is 0 Å². The van der Waals surface area contributed by atoms with Crippen LogP contribution < -0.4 is 5.32 Å². The lowest BCUT2D eigenvalue weighted by atomic mass is 10.0. The second-order valence-corrected chi connectivity index (χ2v) is 5.55. The van der Waals surface area contributed by atoms with E-state index in [9.17, 15) is 4.79 Å². The molecule has 2 aromatic heterocycles. The normalized spacial score (nSPS) is 21.0. The highest BCUT2D eigenvalue weighted by Crippen LogP contribution is 2.29. The quantitative estimate of drug-likeness (QED) is 0.937. The molecule has 1 fully saturated rings. The lowest BCUT2D eigenvalue weighted by Crippen LogP contribution is -2.36. The van der Waals surface area contributed by atoms with Gasteiger partial charge in [-0.1, -0.05) is 11.6 Å². The summed E-state index contributed by atoms with van der Waals surface area (Å²) in [5.41, 5.74) is 1.40. The second-order valence-electron chi connectivity index (χ2n) is 5.14. The average molecular weight is 321 g/mol. The van der Waals surface area contributed by atoms with Crippen molar-refractivity contribution in [2.75, 3.05) is 6.61 Å². The summed E-state index contributed by atoms with van der Waals surface area (Å²) in [6, 6.07) is 1.52. The van der Waals surface area contributed by atoms with Crippen LogP contribution >= 0.6 is 11.6 Å². The molecule has 0 aliphatic carbocycles. The predicted molar refractivity (Wildman–Crippen MR) is 81.7 cm³/mol. The minimum Gasteiger partial charge on any atom is -0.371 e. The molecule has 116 valence electrons. The molecule has 0 radical (unpaired) electrons. The van der Waals surface area contributed by atoms with Crippen molar-refractivity contribution in [3.63, 3.8) is 0 Å². The van der Waals surface area contributed by atoms with E-state index in [1.807, 2.05) is 17.8 Å². The first kappa shape index (κ1) is 15.0. The molecule has 1 aliphatic heterocycles. The van der Waals surface area contributed by atoms with Gasteiger partial charge >= 0.3 is 0 Å². The van der Waals surface area contributed by atoms with E-state index in [2.05, 4.69) is 15.4 Å². The van der Waals surface area contributed by atoms with E-state index in [-0.39, 0.29) is 18.1 Å². The molecule has 3 rings (SSSR count). The molecule has 7 heteroatoms. The maximum Gasteiger partial charge on any atom is 0.253 e. The van der Waals surface area contributed by atoms with E-state index in [1.54, 1.807) is 18.5 Å². The molecule has 2 aromatic rings. The molecule has 3 heterocycles. The number of hydrogen-bond acceptors (Lipinski definition) is 4. The van der Waals surface area contributed by atoms with Crippen molar-refractivity contribution in [2.45, 2.75) is 32.0 Å². The smallest absolute Gasteiger partial charge is 0.253 e. The summed E-state index contributed by atoms with van der Waals surface area (Å²) >= 11 is 6.01. The first-order chi connectivity index (χ1) is 10.7. The maximum absolute atomic E-state index is 12.4. The van der Waals surface area contributed by atoms with Crippen molar-refractivity contribution in [2.24, 2.45) is 0 Å². The molecular weight excluding hydrogens is 304 g/mol. The third-order valence-electron chi connectivity index (χ3n) is 3.73. The topological polar surface area (TPSA) is 69.0 Å². The predicted octanol–water partition coefficient (Wildman–Crippen LogP) is 2.21. The van der Waals surface area contributed by atoms with Gasteiger partial charge in [-0.15, -0.1) is 0 Å². The molecular formula is C15H17ClN4O2. The summed E-state index contributed by atoms with van der Waals surface area (Å²) in [5.74, 6) is -0.212. The van der Waals surface area contributed by atoms with Gasteiger partial charge in [-0.3, -0.25) is 14.5 Å². The Hall–Kier alpha value is -1.92. The molecule has 0 bridgehead atoms.